The van der Waals surface area contributed by atoms with Crippen molar-refractivity contribution in [1.82, 2.24) is 10.2 Å². The Morgan fingerprint density at radius 1 is 1.14 bits per heavy atom. The van der Waals surface area contributed by atoms with Crippen molar-refractivity contribution in [2.45, 2.75) is 38.6 Å². The van der Waals surface area contributed by atoms with Crippen LogP contribution in [-0.4, -0.2) is 68.1 Å². The molecule has 0 saturated carbocycles. The molecule has 1 N–H and O–H groups in total. The maximum atomic E-state index is 14.4. The van der Waals surface area contributed by atoms with E-state index in [1.165, 1.54) is 11.0 Å². The number of likely N-dealkylation sites (tertiary alicyclic amines) is 1. The number of nitrogens with one attached hydrogen (secondary N) is 1. The maximum absolute atomic E-state index is 14.4. The Morgan fingerprint density at radius 3 is 2.46 bits per heavy atom. The molecule has 28 heavy (non-hydrogen) atoms. The van der Waals surface area contributed by atoms with Crippen LogP contribution in [0.5, 0.6) is 5.75 Å². The quantitative estimate of drug-likeness (QED) is 0.844. The number of hydrogen-bond donors (Lipinski definition) is 1. The molecule has 1 aromatic carbocycles. The van der Waals surface area contributed by atoms with Crippen molar-refractivity contribution in [2.24, 2.45) is 0 Å². The second-order valence-corrected chi connectivity index (χ2v) is 8.03. The maximum Gasteiger partial charge on any atom is 0.410 e. The van der Waals surface area contributed by atoms with Gasteiger partial charge in [-0.3, -0.25) is 0 Å². The molecule has 3 rings (SSSR count). The Kier molecular flexibility index (Phi) is 5.92. The van der Waals surface area contributed by atoms with Gasteiger partial charge in [-0.25, -0.2) is 18.0 Å². The molecule has 6 nitrogen and oxygen atoms in total. The monoisotopic (exact) mass is 401 g/mol. The lowest BCUT2D eigenvalue weighted by Crippen LogP contribution is -2.44. The number of benzene rings is 1. The standard InChI is InChI=1S/C19H26F3N3O3/c1-19(2,3)28-18(26)25-10-14(22)17(11-25)27-16-9-15(12(20)8-13(16)21)24-6-4-23-5-7-24/h8-9,14,17,23H,4-7,10-11H2,1-3H3/t14?,17-/m0/s1. The highest BCUT2D eigenvalue weighted by Crippen LogP contribution is 2.31. The first-order valence-corrected chi connectivity index (χ1v) is 9.37. The fourth-order valence-electron chi connectivity index (χ4n) is 3.24. The number of carbonyl (C=O) groups is 1. The van der Waals surface area contributed by atoms with Crippen LogP contribution in [-0.2, 0) is 4.74 Å². The van der Waals surface area contributed by atoms with Crippen LogP contribution < -0.4 is 15.0 Å². The predicted octanol–water partition coefficient (Wildman–Crippen LogP) is 2.71. The molecule has 0 spiro atoms. The summed E-state index contributed by atoms with van der Waals surface area (Å²) in [6.45, 7) is 7.39. The fraction of sp³-hybridized carbons (Fsp3) is 0.632. The van der Waals surface area contributed by atoms with Crippen LogP contribution in [0.4, 0.5) is 23.7 Å². The third-order valence-electron chi connectivity index (χ3n) is 4.59. The van der Waals surface area contributed by atoms with E-state index < -0.39 is 35.6 Å². The third kappa shape index (κ3) is 4.81. The second kappa shape index (κ2) is 8.06. The van der Waals surface area contributed by atoms with Gasteiger partial charge in [0.25, 0.3) is 0 Å². The minimum absolute atomic E-state index is 0.0735. The number of hydrogen-bond acceptors (Lipinski definition) is 5. The van der Waals surface area contributed by atoms with Gasteiger partial charge in [0.05, 0.1) is 18.8 Å². The number of halogens is 3. The fourth-order valence-corrected chi connectivity index (χ4v) is 3.24. The van der Waals surface area contributed by atoms with E-state index in [1.807, 2.05) is 0 Å². The number of alkyl halides is 1. The summed E-state index contributed by atoms with van der Waals surface area (Å²) >= 11 is 0. The number of nitrogens with zero attached hydrogens (tertiary/aromatic N) is 2. The first kappa shape index (κ1) is 20.6. The average Bonchev–Trinajstić information content (AvgIpc) is 2.97. The first-order valence-electron chi connectivity index (χ1n) is 9.37. The molecular weight excluding hydrogens is 375 g/mol. The lowest BCUT2D eigenvalue weighted by atomic mass is 10.2. The van der Waals surface area contributed by atoms with Crippen molar-refractivity contribution < 1.29 is 27.4 Å². The molecule has 9 heteroatoms. The van der Waals surface area contributed by atoms with Gasteiger partial charge in [0.15, 0.2) is 17.7 Å². The second-order valence-electron chi connectivity index (χ2n) is 8.03. The van der Waals surface area contributed by atoms with Crippen LogP contribution in [0, 0.1) is 11.6 Å². The van der Waals surface area contributed by atoms with Gasteiger partial charge in [0.1, 0.15) is 17.5 Å². The van der Waals surface area contributed by atoms with Crippen molar-refractivity contribution in [3.05, 3.63) is 23.8 Å². The minimum atomic E-state index is -1.50. The Hall–Kier alpha value is -2.16. The van der Waals surface area contributed by atoms with E-state index in [0.29, 0.717) is 26.2 Å². The van der Waals surface area contributed by atoms with Gasteiger partial charge in [-0.05, 0) is 20.8 Å². The normalized spacial score (nSPS) is 23.1. The van der Waals surface area contributed by atoms with Gasteiger partial charge in [0.2, 0.25) is 0 Å². The number of piperazine rings is 1. The molecular formula is C19H26F3N3O3. The van der Waals surface area contributed by atoms with Crippen molar-refractivity contribution in [3.8, 4) is 5.75 Å². The number of amides is 1. The van der Waals surface area contributed by atoms with E-state index in [9.17, 15) is 18.0 Å². The number of carbonyl (C=O) groups excluding carboxylic acids is 1. The van der Waals surface area contributed by atoms with Gasteiger partial charge < -0.3 is 24.6 Å². The van der Waals surface area contributed by atoms with Gasteiger partial charge in [0, 0.05) is 38.3 Å². The van der Waals surface area contributed by atoms with E-state index in [-0.39, 0.29) is 24.5 Å². The average molecular weight is 401 g/mol. The molecule has 0 bridgehead atoms. The summed E-state index contributed by atoms with van der Waals surface area (Å²) < 4.78 is 53.6. The van der Waals surface area contributed by atoms with Crippen molar-refractivity contribution in [2.75, 3.05) is 44.2 Å². The van der Waals surface area contributed by atoms with Gasteiger partial charge in [-0.1, -0.05) is 0 Å². The van der Waals surface area contributed by atoms with E-state index >= 15 is 0 Å². The molecule has 2 heterocycles. The third-order valence-corrected chi connectivity index (χ3v) is 4.59. The highest BCUT2D eigenvalue weighted by Gasteiger charge is 2.39. The predicted molar refractivity (Wildman–Crippen MR) is 98.6 cm³/mol. The molecule has 2 aliphatic heterocycles. The zero-order chi connectivity index (χ0) is 20.5. The molecule has 0 radical (unpaired) electrons. The van der Waals surface area contributed by atoms with Crippen LogP contribution >= 0.6 is 0 Å². The molecule has 2 aliphatic rings. The van der Waals surface area contributed by atoms with Crippen LogP contribution in [0.15, 0.2) is 12.1 Å². The molecule has 2 fully saturated rings. The van der Waals surface area contributed by atoms with Crippen LogP contribution in [0.1, 0.15) is 20.8 Å². The van der Waals surface area contributed by atoms with Gasteiger partial charge in [-0.15, -0.1) is 0 Å². The highest BCUT2D eigenvalue weighted by molar-refractivity contribution is 5.68. The topological polar surface area (TPSA) is 54.0 Å². The van der Waals surface area contributed by atoms with Crippen molar-refractivity contribution >= 4 is 11.8 Å². The summed E-state index contributed by atoms with van der Waals surface area (Å²) in [5.41, 5.74) is -0.487. The molecule has 1 amide bonds. The Bertz CT molecular complexity index is 720. The summed E-state index contributed by atoms with van der Waals surface area (Å²) in [7, 11) is 0. The van der Waals surface area contributed by atoms with Crippen molar-refractivity contribution in [1.29, 1.82) is 0 Å². The molecule has 0 aromatic heterocycles. The van der Waals surface area contributed by atoms with E-state index in [2.05, 4.69) is 5.32 Å². The molecule has 1 aromatic rings. The van der Waals surface area contributed by atoms with Gasteiger partial charge >= 0.3 is 6.09 Å². The zero-order valence-corrected chi connectivity index (χ0v) is 16.3. The molecule has 2 atom stereocenters. The van der Waals surface area contributed by atoms with Crippen LogP contribution in [0.2, 0.25) is 0 Å². The smallest absolute Gasteiger partial charge is 0.410 e. The first-order chi connectivity index (χ1) is 13.1. The zero-order valence-electron chi connectivity index (χ0n) is 16.3. The minimum Gasteiger partial charge on any atom is -0.482 e. The summed E-state index contributed by atoms with van der Waals surface area (Å²) in [4.78, 5) is 15.1. The van der Waals surface area contributed by atoms with Crippen LogP contribution in [0.25, 0.3) is 0 Å². The Labute approximate surface area is 162 Å². The van der Waals surface area contributed by atoms with Crippen molar-refractivity contribution in [3.63, 3.8) is 0 Å². The molecule has 1 unspecified atom stereocenters. The molecule has 0 aliphatic carbocycles. The van der Waals surface area contributed by atoms with E-state index in [4.69, 9.17) is 9.47 Å². The summed E-state index contributed by atoms with van der Waals surface area (Å²) in [6.07, 6.45) is -3.20. The summed E-state index contributed by atoms with van der Waals surface area (Å²) in [6, 6.07) is 2.01. The summed E-state index contributed by atoms with van der Waals surface area (Å²) in [5, 5.41) is 3.16. The Balaban J connectivity index is 1.71. The van der Waals surface area contributed by atoms with E-state index in [0.717, 1.165) is 6.07 Å². The number of rotatable bonds is 3. The van der Waals surface area contributed by atoms with E-state index in [1.54, 1.807) is 25.7 Å². The lowest BCUT2D eigenvalue weighted by Gasteiger charge is -2.30. The molecule has 2 saturated heterocycles. The highest BCUT2D eigenvalue weighted by atomic mass is 19.1. The Morgan fingerprint density at radius 2 is 1.82 bits per heavy atom. The lowest BCUT2D eigenvalue weighted by molar-refractivity contribution is 0.0273. The summed E-state index contributed by atoms with van der Waals surface area (Å²) in [5.74, 6) is -1.82. The van der Waals surface area contributed by atoms with Gasteiger partial charge in [-0.2, -0.15) is 0 Å². The number of anilines is 1. The SMILES string of the molecule is CC(C)(C)OC(=O)N1CC(F)[C@@H](Oc2cc(N3CCNCC3)c(F)cc2F)C1. The number of ether oxygens (including phenoxy) is 2. The largest absolute Gasteiger partial charge is 0.482 e. The van der Waals surface area contributed by atoms with Crippen LogP contribution in [0.3, 0.4) is 0 Å². The molecule has 156 valence electrons.